The zero-order valence-corrected chi connectivity index (χ0v) is 13.5. The van der Waals surface area contributed by atoms with Crippen LogP contribution in [0.15, 0.2) is 24.3 Å². The van der Waals surface area contributed by atoms with Crippen molar-refractivity contribution >= 4 is 5.91 Å². The van der Waals surface area contributed by atoms with Crippen LogP contribution in [0.3, 0.4) is 0 Å². The van der Waals surface area contributed by atoms with Gasteiger partial charge in [0.1, 0.15) is 5.75 Å². The normalized spacial score (nSPS) is 18.9. The lowest BCUT2D eigenvalue weighted by Crippen LogP contribution is -2.53. The Labute approximate surface area is 127 Å². The highest BCUT2D eigenvalue weighted by atomic mass is 16.5. The number of carbonyl (C=O) groups is 1. The van der Waals surface area contributed by atoms with Gasteiger partial charge in [-0.3, -0.25) is 4.79 Å². The average molecular weight is 290 g/mol. The van der Waals surface area contributed by atoms with Gasteiger partial charge in [0.05, 0.1) is 18.7 Å². The molecule has 1 saturated heterocycles. The third kappa shape index (κ3) is 3.38. The van der Waals surface area contributed by atoms with E-state index in [4.69, 9.17) is 4.74 Å². The molecule has 2 rings (SSSR count). The number of nitrogens with one attached hydrogen (secondary N) is 1. The highest BCUT2D eigenvalue weighted by Crippen LogP contribution is 2.34. The molecule has 0 radical (unpaired) electrons. The first-order chi connectivity index (χ1) is 9.99. The van der Waals surface area contributed by atoms with Crippen molar-refractivity contribution in [2.45, 2.75) is 45.2 Å². The zero-order valence-electron chi connectivity index (χ0n) is 13.5. The van der Waals surface area contributed by atoms with E-state index < -0.39 is 5.54 Å². The number of benzene rings is 1. The van der Waals surface area contributed by atoms with Gasteiger partial charge in [-0.15, -0.1) is 0 Å². The summed E-state index contributed by atoms with van der Waals surface area (Å²) >= 11 is 0. The van der Waals surface area contributed by atoms with Crippen LogP contribution in [0.4, 0.5) is 0 Å². The average Bonchev–Trinajstić information content (AvgIpc) is 2.95. The molecule has 1 N–H and O–H groups in total. The Morgan fingerprint density at radius 1 is 1.38 bits per heavy atom. The topological polar surface area (TPSA) is 41.6 Å². The number of likely N-dealkylation sites (tertiary alicyclic amines) is 1. The van der Waals surface area contributed by atoms with Crippen LogP contribution in [-0.4, -0.2) is 36.5 Å². The van der Waals surface area contributed by atoms with Gasteiger partial charge < -0.3 is 15.0 Å². The number of methoxy groups -OCH3 is 1. The van der Waals surface area contributed by atoms with E-state index in [1.807, 2.05) is 37.8 Å². The van der Waals surface area contributed by atoms with Gasteiger partial charge in [-0.25, -0.2) is 0 Å². The number of rotatable bonds is 5. The molecule has 1 aromatic carbocycles. The summed E-state index contributed by atoms with van der Waals surface area (Å²) in [5.74, 6) is 1.03. The molecule has 4 nitrogen and oxygen atoms in total. The Balaban J connectivity index is 2.17. The molecular formula is C17H26N2O2. The lowest BCUT2D eigenvalue weighted by Gasteiger charge is -2.34. The van der Waals surface area contributed by atoms with Gasteiger partial charge in [-0.05, 0) is 50.9 Å². The van der Waals surface area contributed by atoms with Gasteiger partial charge in [0.15, 0.2) is 0 Å². The standard InChI is InChI=1S/C17H26N2O2/c1-5-18-17(2,3)16(20)19-12-6-7-15(19)13-8-10-14(21-4)11-9-13/h8-11,15,18H,5-7,12H2,1-4H3. The van der Waals surface area contributed by atoms with Crippen molar-refractivity contribution in [3.05, 3.63) is 29.8 Å². The van der Waals surface area contributed by atoms with Crippen LogP contribution in [0.5, 0.6) is 5.75 Å². The van der Waals surface area contributed by atoms with E-state index >= 15 is 0 Å². The van der Waals surface area contributed by atoms with Crippen molar-refractivity contribution in [1.82, 2.24) is 10.2 Å². The number of carbonyl (C=O) groups excluding carboxylic acids is 1. The molecule has 0 aromatic heterocycles. The molecule has 1 heterocycles. The molecule has 0 spiro atoms. The Kier molecular flexibility index (Phi) is 4.88. The van der Waals surface area contributed by atoms with Crippen LogP contribution in [0.1, 0.15) is 45.2 Å². The number of nitrogens with zero attached hydrogens (tertiary/aromatic N) is 1. The van der Waals surface area contributed by atoms with E-state index in [1.165, 1.54) is 5.56 Å². The summed E-state index contributed by atoms with van der Waals surface area (Å²) in [5, 5.41) is 3.28. The molecule has 116 valence electrons. The maximum Gasteiger partial charge on any atom is 0.242 e. The molecule has 21 heavy (non-hydrogen) atoms. The molecule has 4 heteroatoms. The van der Waals surface area contributed by atoms with Crippen molar-refractivity contribution in [1.29, 1.82) is 0 Å². The van der Waals surface area contributed by atoms with Crippen molar-refractivity contribution in [3.63, 3.8) is 0 Å². The van der Waals surface area contributed by atoms with Crippen molar-refractivity contribution in [2.75, 3.05) is 20.2 Å². The van der Waals surface area contributed by atoms with Gasteiger partial charge in [0, 0.05) is 6.54 Å². The Bertz CT molecular complexity index is 482. The molecule has 1 aromatic rings. The maximum absolute atomic E-state index is 12.8. The smallest absolute Gasteiger partial charge is 0.242 e. The van der Waals surface area contributed by atoms with E-state index in [-0.39, 0.29) is 11.9 Å². The van der Waals surface area contributed by atoms with Crippen LogP contribution < -0.4 is 10.1 Å². The van der Waals surface area contributed by atoms with E-state index in [0.29, 0.717) is 0 Å². The van der Waals surface area contributed by atoms with E-state index in [2.05, 4.69) is 17.4 Å². The molecule has 0 saturated carbocycles. The van der Waals surface area contributed by atoms with Crippen LogP contribution in [0.2, 0.25) is 0 Å². The second-order valence-electron chi connectivity index (χ2n) is 6.09. The first kappa shape index (κ1) is 15.8. The van der Waals surface area contributed by atoms with Gasteiger partial charge in [0.2, 0.25) is 5.91 Å². The Hall–Kier alpha value is -1.55. The largest absolute Gasteiger partial charge is 0.497 e. The highest BCUT2D eigenvalue weighted by Gasteiger charge is 2.37. The van der Waals surface area contributed by atoms with Crippen LogP contribution >= 0.6 is 0 Å². The molecule has 1 aliphatic heterocycles. The predicted octanol–water partition coefficient (Wildman–Crippen LogP) is 2.75. The minimum atomic E-state index is -0.510. The predicted molar refractivity (Wildman–Crippen MR) is 84.4 cm³/mol. The lowest BCUT2D eigenvalue weighted by atomic mass is 10.00. The maximum atomic E-state index is 12.8. The summed E-state index contributed by atoms with van der Waals surface area (Å²) in [4.78, 5) is 14.8. The minimum absolute atomic E-state index is 0.182. The lowest BCUT2D eigenvalue weighted by molar-refractivity contribution is -0.138. The molecule has 1 atom stereocenters. The third-order valence-corrected chi connectivity index (χ3v) is 4.17. The van der Waals surface area contributed by atoms with Crippen LogP contribution in [0.25, 0.3) is 0 Å². The molecule has 1 aliphatic rings. The first-order valence-electron chi connectivity index (χ1n) is 7.69. The Morgan fingerprint density at radius 2 is 2.05 bits per heavy atom. The monoisotopic (exact) mass is 290 g/mol. The number of hydrogen-bond acceptors (Lipinski definition) is 3. The van der Waals surface area contributed by atoms with Gasteiger partial charge in [0.25, 0.3) is 0 Å². The summed E-state index contributed by atoms with van der Waals surface area (Å²) in [7, 11) is 1.67. The summed E-state index contributed by atoms with van der Waals surface area (Å²) in [6, 6.07) is 8.24. The van der Waals surface area contributed by atoms with Gasteiger partial charge in [-0.2, -0.15) is 0 Å². The van der Waals surface area contributed by atoms with Crippen molar-refractivity contribution in [3.8, 4) is 5.75 Å². The summed E-state index contributed by atoms with van der Waals surface area (Å²) < 4.78 is 5.20. The number of ether oxygens (including phenoxy) is 1. The van der Waals surface area contributed by atoms with E-state index in [9.17, 15) is 4.79 Å². The number of likely N-dealkylation sites (N-methyl/N-ethyl adjacent to an activating group) is 1. The third-order valence-electron chi connectivity index (χ3n) is 4.17. The van der Waals surface area contributed by atoms with Crippen LogP contribution in [-0.2, 0) is 4.79 Å². The molecule has 1 amide bonds. The SMILES string of the molecule is CCNC(C)(C)C(=O)N1CCCC1c1ccc(OC)cc1. The Morgan fingerprint density at radius 3 is 2.62 bits per heavy atom. The number of hydrogen-bond donors (Lipinski definition) is 1. The second-order valence-corrected chi connectivity index (χ2v) is 6.09. The highest BCUT2D eigenvalue weighted by molar-refractivity contribution is 5.86. The van der Waals surface area contributed by atoms with E-state index in [1.54, 1.807) is 7.11 Å². The summed E-state index contributed by atoms with van der Waals surface area (Å²) in [6.07, 6.45) is 2.09. The molecule has 0 bridgehead atoms. The fraction of sp³-hybridized carbons (Fsp3) is 0.588. The summed E-state index contributed by atoms with van der Waals surface area (Å²) in [6.45, 7) is 7.58. The fourth-order valence-corrected chi connectivity index (χ4v) is 3.06. The fourth-order valence-electron chi connectivity index (χ4n) is 3.06. The molecule has 1 unspecified atom stereocenters. The van der Waals surface area contributed by atoms with Gasteiger partial charge >= 0.3 is 0 Å². The molecular weight excluding hydrogens is 264 g/mol. The van der Waals surface area contributed by atoms with Crippen LogP contribution in [0, 0.1) is 0 Å². The second kappa shape index (κ2) is 6.48. The summed E-state index contributed by atoms with van der Waals surface area (Å²) in [5.41, 5.74) is 0.679. The minimum Gasteiger partial charge on any atom is -0.497 e. The van der Waals surface area contributed by atoms with E-state index in [0.717, 1.165) is 31.7 Å². The zero-order chi connectivity index (χ0) is 15.5. The number of amides is 1. The molecule has 1 fully saturated rings. The van der Waals surface area contributed by atoms with Gasteiger partial charge in [-0.1, -0.05) is 19.1 Å². The molecule has 0 aliphatic carbocycles. The van der Waals surface area contributed by atoms with Crippen molar-refractivity contribution in [2.24, 2.45) is 0 Å². The quantitative estimate of drug-likeness (QED) is 0.906. The van der Waals surface area contributed by atoms with Crippen molar-refractivity contribution < 1.29 is 9.53 Å². The first-order valence-corrected chi connectivity index (χ1v) is 7.69.